The molecule has 114 valence electrons. The minimum Gasteiger partial charge on any atom is -0.366 e. The van der Waals surface area contributed by atoms with Crippen LogP contribution in [0.3, 0.4) is 0 Å². The van der Waals surface area contributed by atoms with Crippen molar-refractivity contribution in [3.8, 4) is 0 Å². The van der Waals surface area contributed by atoms with Gasteiger partial charge in [0.05, 0.1) is 0 Å². The summed E-state index contributed by atoms with van der Waals surface area (Å²) in [7, 11) is 4.10. The number of hydrogen-bond donors (Lipinski definition) is 2. The van der Waals surface area contributed by atoms with E-state index in [2.05, 4.69) is 24.3 Å². The Hall–Kier alpha value is -1.88. The van der Waals surface area contributed by atoms with Gasteiger partial charge in [0.15, 0.2) is 0 Å². The lowest BCUT2D eigenvalue weighted by molar-refractivity contribution is 0.0881. The quantitative estimate of drug-likeness (QED) is 0.879. The lowest BCUT2D eigenvalue weighted by Gasteiger charge is -2.36. The van der Waals surface area contributed by atoms with Crippen molar-refractivity contribution in [3.63, 3.8) is 0 Å². The molecular formula is C16H23N3O2. The normalized spacial score (nSPS) is 22.0. The van der Waals surface area contributed by atoms with E-state index < -0.39 is 5.91 Å². The highest BCUT2D eigenvalue weighted by atomic mass is 16.2. The van der Waals surface area contributed by atoms with E-state index in [1.54, 1.807) is 24.3 Å². The number of primary amides is 1. The molecule has 1 aromatic rings. The first-order valence-electron chi connectivity index (χ1n) is 7.36. The highest BCUT2D eigenvalue weighted by Gasteiger charge is 2.28. The lowest BCUT2D eigenvalue weighted by Crippen LogP contribution is -2.51. The summed E-state index contributed by atoms with van der Waals surface area (Å²) in [5.41, 5.74) is 6.17. The highest BCUT2D eigenvalue weighted by Crippen LogP contribution is 2.22. The van der Waals surface area contributed by atoms with Crippen LogP contribution in [0.5, 0.6) is 0 Å². The third kappa shape index (κ3) is 3.82. The van der Waals surface area contributed by atoms with Gasteiger partial charge in [0.2, 0.25) is 5.91 Å². The molecule has 1 aromatic carbocycles. The second-order valence-electron chi connectivity index (χ2n) is 5.84. The van der Waals surface area contributed by atoms with Crippen LogP contribution in [0, 0.1) is 0 Å². The second kappa shape index (κ2) is 6.72. The number of likely N-dealkylation sites (N-methyl/N-ethyl adjacent to an activating group) is 1. The summed E-state index contributed by atoms with van der Waals surface area (Å²) in [4.78, 5) is 25.5. The van der Waals surface area contributed by atoms with Crippen molar-refractivity contribution in [2.24, 2.45) is 5.73 Å². The van der Waals surface area contributed by atoms with Gasteiger partial charge in [-0.3, -0.25) is 9.59 Å². The zero-order chi connectivity index (χ0) is 15.4. The molecule has 2 amide bonds. The fourth-order valence-electron chi connectivity index (χ4n) is 2.94. The van der Waals surface area contributed by atoms with Crippen molar-refractivity contribution in [3.05, 3.63) is 35.4 Å². The SMILES string of the molecule is CN(C)[C@H]1CCCC[C@@H]1NC(=O)c1ccc(C(N)=O)cc1. The van der Waals surface area contributed by atoms with Crippen LogP contribution in [0.15, 0.2) is 24.3 Å². The number of nitrogens with one attached hydrogen (secondary N) is 1. The first-order chi connectivity index (χ1) is 9.99. The molecule has 5 nitrogen and oxygen atoms in total. The van der Waals surface area contributed by atoms with Crippen molar-refractivity contribution < 1.29 is 9.59 Å². The fourth-order valence-corrected chi connectivity index (χ4v) is 2.94. The minimum absolute atomic E-state index is 0.0928. The number of amides is 2. The molecule has 1 fully saturated rings. The summed E-state index contributed by atoms with van der Waals surface area (Å²) in [6, 6.07) is 7.01. The number of carbonyl (C=O) groups excluding carboxylic acids is 2. The smallest absolute Gasteiger partial charge is 0.251 e. The van der Waals surface area contributed by atoms with Crippen LogP contribution in [0.4, 0.5) is 0 Å². The van der Waals surface area contributed by atoms with Crippen LogP contribution in [-0.2, 0) is 0 Å². The third-order valence-corrected chi connectivity index (χ3v) is 4.14. The van der Waals surface area contributed by atoms with Gasteiger partial charge in [0.25, 0.3) is 5.91 Å². The molecule has 0 bridgehead atoms. The largest absolute Gasteiger partial charge is 0.366 e. The van der Waals surface area contributed by atoms with Crippen LogP contribution in [0.25, 0.3) is 0 Å². The molecule has 0 radical (unpaired) electrons. The molecule has 1 aliphatic carbocycles. The van der Waals surface area contributed by atoms with Crippen molar-refractivity contribution in [2.45, 2.75) is 37.8 Å². The van der Waals surface area contributed by atoms with Gasteiger partial charge in [-0.25, -0.2) is 0 Å². The Balaban J connectivity index is 2.04. The summed E-state index contributed by atoms with van der Waals surface area (Å²) in [6.07, 6.45) is 4.48. The number of nitrogens with zero attached hydrogens (tertiary/aromatic N) is 1. The summed E-state index contributed by atoms with van der Waals surface area (Å²) in [5, 5.41) is 3.12. The molecular weight excluding hydrogens is 266 g/mol. The van der Waals surface area contributed by atoms with Crippen LogP contribution in [0.1, 0.15) is 46.4 Å². The Labute approximate surface area is 125 Å². The predicted octanol–water partition coefficient (Wildman–Crippen LogP) is 1.39. The zero-order valence-electron chi connectivity index (χ0n) is 12.6. The highest BCUT2D eigenvalue weighted by molar-refractivity contribution is 5.97. The summed E-state index contributed by atoms with van der Waals surface area (Å²) in [5.74, 6) is -0.577. The van der Waals surface area contributed by atoms with Gasteiger partial charge in [-0.05, 0) is 51.2 Å². The van der Waals surface area contributed by atoms with E-state index in [1.807, 2.05) is 0 Å². The number of rotatable bonds is 4. The molecule has 0 spiro atoms. The van der Waals surface area contributed by atoms with Crippen LogP contribution in [0.2, 0.25) is 0 Å². The Bertz CT molecular complexity index is 511. The van der Waals surface area contributed by atoms with Gasteiger partial charge in [0, 0.05) is 23.2 Å². The van der Waals surface area contributed by atoms with Crippen LogP contribution < -0.4 is 11.1 Å². The standard InChI is InChI=1S/C16H23N3O2/c1-19(2)14-6-4-3-5-13(14)18-16(21)12-9-7-11(8-10-12)15(17)20/h7-10,13-14H,3-6H2,1-2H3,(H2,17,20)(H,18,21)/t13-,14-/m0/s1. The molecule has 0 heterocycles. The second-order valence-corrected chi connectivity index (χ2v) is 5.84. The van der Waals surface area contributed by atoms with E-state index in [1.165, 1.54) is 6.42 Å². The predicted molar refractivity (Wildman–Crippen MR) is 82.2 cm³/mol. The van der Waals surface area contributed by atoms with E-state index in [-0.39, 0.29) is 11.9 Å². The topological polar surface area (TPSA) is 75.4 Å². The van der Waals surface area contributed by atoms with Crippen molar-refractivity contribution >= 4 is 11.8 Å². The number of benzene rings is 1. The van der Waals surface area contributed by atoms with Gasteiger partial charge < -0.3 is 16.0 Å². The van der Waals surface area contributed by atoms with E-state index >= 15 is 0 Å². The Morgan fingerprint density at radius 3 is 2.24 bits per heavy atom. The van der Waals surface area contributed by atoms with Crippen molar-refractivity contribution in [1.29, 1.82) is 0 Å². The minimum atomic E-state index is -0.484. The molecule has 0 saturated heterocycles. The van der Waals surface area contributed by atoms with E-state index in [9.17, 15) is 9.59 Å². The maximum Gasteiger partial charge on any atom is 0.251 e. The zero-order valence-corrected chi connectivity index (χ0v) is 12.6. The summed E-state index contributed by atoms with van der Waals surface area (Å²) >= 11 is 0. The van der Waals surface area contributed by atoms with Gasteiger partial charge in [-0.2, -0.15) is 0 Å². The van der Waals surface area contributed by atoms with E-state index in [0.29, 0.717) is 17.2 Å². The van der Waals surface area contributed by atoms with Gasteiger partial charge >= 0.3 is 0 Å². The summed E-state index contributed by atoms with van der Waals surface area (Å²) in [6.45, 7) is 0. The van der Waals surface area contributed by atoms with E-state index in [0.717, 1.165) is 19.3 Å². The molecule has 21 heavy (non-hydrogen) atoms. The maximum atomic E-state index is 12.3. The molecule has 1 saturated carbocycles. The average molecular weight is 289 g/mol. The molecule has 0 aromatic heterocycles. The number of hydrogen-bond acceptors (Lipinski definition) is 3. The van der Waals surface area contributed by atoms with E-state index in [4.69, 9.17) is 5.73 Å². The number of carbonyl (C=O) groups is 2. The van der Waals surface area contributed by atoms with Crippen LogP contribution >= 0.6 is 0 Å². The maximum absolute atomic E-state index is 12.3. The summed E-state index contributed by atoms with van der Waals surface area (Å²) < 4.78 is 0. The molecule has 2 rings (SSSR count). The molecule has 0 unspecified atom stereocenters. The first-order valence-corrected chi connectivity index (χ1v) is 7.36. The molecule has 2 atom stereocenters. The molecule has 1 aliphatic rings. The fraction of sp³-hybridized carbons (Fsp3) is 0.500. The third-order valence-electron chi connectivity index (χ3n) is 4.14. The number of nitrogens with two attached hydrogens (primary N) is 1. The Morgan fingerprint density at radius 1 is 1.10 bits per heavy atom. The monoisotopic (exact) mass is 289 g/mol. The van der Waals surface area contributed by atoms with Crippen LogP contribution in [-0.4, -0.2) is 42.9 Å². The van der Waals surface area contributed by atoms with Crippen molar-refractivity contribution in [2.75, 3.05) is 14.1 Å². The lowest BCUT2D eigenvalue weighted by atomic mass is 9.89. The van der Waals surface area contributed by atoms with Gasteiger partial charge in [-0.15, -0.1) is 0 Å². The Kier molecular flexibility index (Phi) is 4.96. The Morgan fingerprint density at radius 2 is 1.67 bits per heavy atom. The molecule has 5 heteroatoms. The molecule has 0 aliphatic heterocycles. The van der Waals surface area contributed by atoms with Crippen molar-refractivity contribution in [1.82, 2.24) is 10.2 Å². The first kappa shape index (κ1) is 15.5. The average Bonchev–Trinajstić information content (AvgIpc) is 2.47. The van der Waals surface area contributed by atoms with Gasteiger partial charge in [-0.1, -0.05) is 12.8 Å². The van der Waals surface area contributed by atoms with Gasteiger partial charge in [0.1, 0.15) is 0 Å². The molecule has 3 N–H and O–H groups in total.